The zero-order chi connectivity index (χ0) is 15.9. The number of thioether (sulfide) groups is 1. The van der Waals surface area contributed by atoms with Crippen LogP contribution >= 0.6 is 11.8 Å². The van der Waals surface area contributed by atoms with Gasteiger partial charge in [0.05, 0.1) is 24.2 Å². The van der Waals surface area contributed by atoms with E-state index in [4.69, 9.17) is 4.74 Å². The van der Waals surface area contributed by atoms with Gasteiger partial charge in [0.1, 0.15) is 0 Å². The average molecular weight is 322 g/mol. The summed E-state index contributed by atoms with van der Waals surface area (Å²) >= 11 is 1.34. The number of carbonyl (C=O) groups excluding carboxylic acids is 2. The SMILES string of the molecule is Cc1cccc(NC(=O)CSCC(=O)N2CCO[C@@H](C)C2)c1. The molecular formula is C16H22N2O3S. The number of nitrogens with one attached hydrogen (secondary N) is 1. The van der Waals surface area contributed by atoms with E-state index in [9.17, 15) is 9.59 Å². The van der Waals surface area contributed by atoms with Gasteiger partial charge in [-0.15, -0.1) is 11.8 Å². The van der Waals surface area contributed by atoms with Gasteiger partial charge in [0.2, 0.25) is 11.8 Å². The summed E-state index contributed by atoms with van der Waals surface area (Å²) in [7, 11) is 0. The summed E-state index contributed by atoms with van der Waals surface area (Å²) in [5.41, 5.74) is 1.89. The van der Waals surface area contributed by atoms with Gasteiger partial charge in [0.25, 0.3) is 0 Å². The number of hydrogen-bond donors (Lipinski definition) is 1. The van der Waals surface area contributed by atoms with E-state index in [0.717, 1.165) is 11.3 Å². The van der Waals surface area contributed by atoms with Crippen molar-refractivity contribution < 1.29 is 14.3 Å². The van der Waals surface area contributed by atoms with E-state index in [1.54, 1.807) is 4.90 Å². The summed E-state index contributed by atoms with van der Waals surface area (Å²) in [6, 6.07) is 7.66. The van der Waals surface area contributed by atoms with Crippen LogP contribution in [0, 0.1) is 6.92 Å². The van der Waals surface area contributed by atoms with E-state index in [1.165, 1.54) is 11.8 Å². The minimum Gasteiger partial charge on any atom is -0.375 e. The van der Waals surface area contributed by atoms with Crippen molar-refractivity contribution >= 4 is 29.3 Å². The maximum atomic E-state index is 12.0. The lowest BCUT2D eigenvalue weighted by Gasteiger charge is -2.31. The Bertz CT molecular complexity index is 536. The molecule has 2 amide bonds. The number of carbonyl (C=O) groups is 2. The molecule has 0 radical (unpaired) electrons. The third-order valence-corrected chi connectivity index (χ3v) is 4.27. The van der Waals surface area contributed by atoms with Crippen molar-refractivity contribution in [2.24, 2.45) is 0 Å². The second-order valence-corrected chi connectivity index (χ2v) is 6.42. The predicted molar refractivity (Wildman–Crippen MR) is 89.1 cm³/mol. The maximum Gasteiger partial charge on any atom is 0.234 e. The number of morpholine rings is 1. The minimum absolute atomic E-state index is 0.0727. The van der Waals surface area contributed by atoms with Gasteiger partial charge in [-0.2, -0.15) is 0 Å². The first-order chi connectivity index (χ1) is 10.5. The monoisotopic (exact) mass is 322 g/mol. The van der Waals surface area contributed by atoms with Crippen LogP contribution in [0.1, 0.15) is 12.5 Å². The van der Waals surface area contributed by atoms with Gasteiger partial charge < -0.3 is 15.0 Å². The third kappa shape index (κ3) is 5.35. The molecule has 1 aromatic carbocycles. The van der Waals surface area contributed by atoms with Crippen molar-refractivity contribution in [3.8, 4) is 0 Å². The van der Waals surface area contributed by atoms with Crippen LogP contribution in [-0.4, -0.2) is 54.0 Å². The second kappa shape index (κ2) is 8.19. The van der Waals surface area contributed by atoms with Crippen molar-refractivity contribution in [2.45, 2.75) is 20.0 Å². The molecule has 5 nitrogen and oxygen atoms in total. The molecule has 1 fully saturated rings. The molecule has 1 saturated heterocycles. The number of anilines is 1. The van der Waals surface area contributed by atoms with Crippen LogP contribution in [0.2, 0.25) is 0 Å². The standard InChI is InChI=1S/C16H22N2O3S/c1-12-4-3-5-14(8-12)17-15(19)10-22-11-16(20)18-6-7-21-13(2)9-18/h3-5,8,13H,6-7,9-11H2,1-2H3,(H,17,19)/t13-/m0/s1. The Balaban J connectivity index is 1.69. The van der Waals surface area contributed by atoms with Crippen LogP contribution < -0.4 is 5.32 Å². The summed E-state index contributed by atoms with van der Waals surface area (Å²) in [6.07, 6.45) is 0.0901. The highest BCUT2D eigenvalue weighted by atomic mass is 32.2. The van der Waals surface area contributed by atoms with E-state index in [2.05, 4.69) is 5.32 Å². The van der Waals surface area contributed by atoms with Crippen molar-refractivity contribution in [3.63, 3.8) is 0 Å². The Hall–Kier alpha value is -1.53. The summed E-state index contributed by atoms with van der Waals surface area (Å²) in [6.45, 7) is 5.80. The van der Waals surface area contributed by atoms with Crippen LogP contribution in [0.15, 0.2) is 24.3 Å². The van der Waals surface area contributed by atoms with E-state index < -0.39 is 0 Å². The molecule has 6 heteroatoms. The summed E-state index contributed by atoms with van der Waals surface area (Å²) in [5, 5.41) is 2.84. The van der Waals surface area contributed by atoms with Crippen LogP contribution in [-0.2, 0) is 14.3 Å². The molecule has 1 aromatic rings. The molecule has 0 spiro atoms. The van der Waals surface area contributed by atoms with Crippen LogP contribution in [0.4, 0.5) is 5.69 Å². The quantitative estimate of drug-likeness (QED) is 0.900. The fourth-order valence-electron chi connectivity index (χ4n) is 2.29. The number of nitrogens with zero attached hydrogens (tertiary/aromatic N) is 1. The van der Waals surface area contributed by atoms with Gasteiger partial charge in [0.15, 0.2) is 0 Å². The first-order valence-corrected chi connectivity index (χ1v) is 8.53. The van der Waals surface area contributed by atoms with Gasteiger partial charge in [-0.25, -0.2) is 0 Å². The van der Waals surface area contributed by atoms with Gasteiger partial charge in [-0.3, -0.25) is 9.59 Å². The summed E-state index contributed by atoms with van der Waals surface area (Å²) in [4.78, 5) is 25.7. The zero-order valence-corrected chi connectivity index (χ0v) is 13.8. The Labute approximate surface area is 135 Å². The Kier molecular flexibility index (Phi) is 6.27. The van der Waals surface area contributed by atoms with Gasteiger partial charge in [-0.1, -0.05) is 12.1 Å². The molecule has 1 N–H and O–H groups in total. The molecule has 1 atom stereocenters. The first-order valence-electron chi connectivity index (χ1n) is 7.38. The molecular weight excluding hydrogens is 300 g/mol. The number of rotatable bonds is 5. The van der Waals surface area contributed by atoms with Crippen molar-refractivity contribution in [1.29, 1.82) is 0 Å². The van der Waals surface area contributed by atoms with Crippen LogP contribution in [0.3, 0.4) is 0 Å². The number of ether oxygens (including phenoxy) is 1. The Morgan fingerprint density at radius 3 is 2.95 bits per heavy atom. The molecule has 0 aliphatic carbocycles. The highest BCUT2D eigenvalue weighted by Gasteiger charge is 2.21. The topological polar surface area (TPSA) is 58.6 Å². The Morgan fingerprint density at radius 2 is 2.23 bits per heavy atom. The third-order valence-electron chi connectivity index (χ3n) is 3.35. The molecule has 1 heterocycles. The van der Waals surface area contributed by atoms with Crippen molar-refractivity contribution in [2.75, 3.05) is 36.5 Å². The summed E-state index contributed by atoms with van der Waals surface area (Å²) in [5.74, 6) is 0.593. The van der Waals surface area contributed by atoms with E-state index in [1.807, 2.05) is 38.1 Å². The summed E-state index contributed by atoms with van der Waals surface area (Å²) < 4.78 is 5.41. The van der Waals surface area contributed by atoms with Gasteiger partial charge in [-0.05, 0) is 31.5 Å². The smallest absolute Gasteiger partial charge is 0.234 e. The number of hydrogen-bond acceptors (Lipinski definition) is 4. The molecule has 0 saturated carbocycles. The fraction of sp³-hybridized carbons (Fsp3) is 0.500. The lowest BCUT2D eigenvalue weighted by Crippen LogP contribution is -2.45. The van der Waals surface area contributed by atoms with Crippen molar-refractivity contribution in [1.82, 2.24) is 4.90 Å². The second-order valence-electron chi connectivity index (χ2n) is 5.43. The fourth-order valence-corrected chi connectivity index (χ4v) is 3.00. The number of amides is 2. The van der Waals surface area contributed by atoms with E-state index >= 15 is 0 Å². The normalized spacial score (nSPS) is 18.1. The highest BCUT2D eigenvalue weighted by Crippen LogP contribution is 2.12. The predicted octanol–water partition coefficient (Wildman–Crippen LogP) is 1.91. The first kappa shape index (κ1) is 16.8. The Morgan fingerprint density at radius 1 is 1.41 bits per heavy atom. The molecule has 1 aliphatic heterocycles. The number of benzene rings is 1. The van der Waals surface area contributed by atoms with Crippen LogP contribution in [0.25, 0.3) is 0 Å². The van der Waals surface area contributed by atoms with E-state index in [0.29, 0.717) is 25.4 Å². The zero-order valence-electron chi connectivity index (χ0n) is 13.0. The van der Waals surface area contributed by atoms with Gasteiger partial charge in [0, 0.05) is 18.8 Å². The number of aryl methyl sites for hydroxylation is 1. The lowest BCUT2D eigenvalue weighted by atomic mass is 10.2. The highest BCUT2D eigenvalue weighted by molar-refractivity contribution is 8.00. The molecule has 120 valence electrons. The van der Waals surface area contributed by atoms with Crippen LogP contribution in [0.5, 0.6) is 0 Å². The van der Waals surface area contributed by atoms with E-state index in [-0.39, 0.29) is 23.7 Å². The molecule has 0 unspecified atom stereocenters. The maximum absolute atomic E-state index is 12.0. The van der Waals surface area contributed by atoms with Crippen molar-refractivity contribution in [3.05, 3.63) is 29.8 Å². The minimum atomic E-state index is -0.0845. The molecule has 0 aromatic heterocycles. The van der Waals surface area contributed by atoms with Gasteiger partial charge >= 0.3 is 0 Å². The molecule has 0 bridgehead atoms. The lowest BCUT2D eigenvalue weighted by molar-refractivity contribution is -0.135. The molecule has 2 rings (SSSR count). The molecule has 22 heavy (non-hydrogen) atoms. The largest absolute Gasteiger partial charge is 0.375 e. The average Bonchev–Trinajstić information content (AvgIpc) is 2.47. The molecule has 1 aliphatic rings.